The molecular weight excluding hydrogens is 232 g/mol. The predicted octanol–water partition coefficient (Wildman–Crippen LogP) is 1.41. The lowest BCUT2D eigenvalue weighted by atomic mass is 10.1. The molecule has 5 nitrogen and oxygen atoms in total. The Bertz CT molecular complexity index is 443. The van der Waals surface area contributed by atoms with E-state index in [1.165, 1.54) is 6.20 Å². The van der Waals surface area contributed by atoms with Gasteiger partial charge in [0.25, 0.3) is 5.91 Å². The molecule has 1 aromatic rings. The van der Waals surface area contributed by atoms with Crippen molar-refractivity contribution in [1.82, 2.24) is 9.88 Å². The maximum Gasteiger partial charge on any atom is 0.308 e. The van der Waals surface area contributed by atoms with Gasteiger partial charge in [-0.25, -0.2) is 0 Å². The lowest BCUT2D eigenvalue weighted by Crippen LogP contribution is -2.38. The number of carbonyl (C=O) groups excluding carboxylic acids is 1. The van der Waals surface area contributed by atoms with Gasteiger partial charge >= 0.3 is 5.97 Å². The fourth-order valence-electron chi connectivity index (χ4n) is 1.81. The smallest absolute Gasteiger partial charge is 0.308 e. The summed E-state index contributed by atoms with van der Waals surface area (Å²) in [6.45, 7) is 1.88. The standard InChI is InChI=1S/C13H16N2O3/c1-9(13(17)18)8-15(11-4-5-11)12(16)10-3-2-6-14-7-10/h2-3,6-7,9,11H,4-5,8H2,1H3,(H,17,18)/t9-/m1/s1. The number of hydrogen-bond donors (Lipinski definition) is 1. The molecule has 18 heavy (non-hydrogen) atoms. The summed E-state index contributed by atoms with van der Waals surface area (Å²) in [5.74, 6) is -1.55. The summed E-state index contributed by atoms with van der Waals surface area (Å²) in [6, 6.07) is 3.61. The van der Waals surface area contributed by atoms with Crippen molar-refractivity contribution in [1.29, 1.82) is 0 Å². The van der Waals surface area contributed by atoms with Crippen molar-refractivity contribution in [3.05, 3.63) is 30.1 Å². The molecule has 0 aliphatic heterocycles. The van der Waals surface area contributed by atoms with E-state index in [-0.39, 0.29) is 18.5 Å². The van der Waals surface area contributed by atoms with E-state index in [9.17, 15) is 9.59 Å². The number of pyridine rings is 1. The molecule has 1 N–H and O–H groups in total. The first-order valence-electron chi connectivity index (χ1n) is 6.03. The topological polar surface area (TPSA) is 70.5 Å². The third kappa shape index (κ3) is 2.85. The zero-order valence-electron chi connectivity index (χ0n) is 10.2. The Morgan fingerprint density at radius 3 is 2.78 bits per heavy atom. The first kappa shape index (κ1) is 12.5. The summed E-state index contributed by atoms with van der Waals surface area (Å²) in [7, 11) is 0. The van der Waals surface area contributed by atoms with Gasteiger partial charge in [0.2, 0.25) is 0 Å². The summed E-state index contributed by atoms with van der Waals surface area (Å²) in [5.41, 5.74) is 0.516. The van der Waals surface area contributed by atoms with Crippen LogP contribution in [0.5, 0.6) is 0 Å². The molecule has 1 amide bonds. The Labute approximate surface area is 105 Å². The predicted molar refractivity (Wildman–Crippen MR) is 65.1 cm³/mol. The second-order valence-electron chi connectivity index (χ2n) is 4.67. The SMILES string of the molecule is C[C@H](CN(C(=O)c1cccnc1)C1CC1)C(=O)O. The van der Waals surface area contributed by atoms with Crippen molar-refractivity contribution in [2.75, 3.05) is 6.54 Å². The van der Waals surface area contributed by atoms with Crippen molar-refractivity contribution in [2.24, 2.45) is 5.92 Å². The number of aliphatic carboxylic acids is 1. The van der Waals surface area contributed by atoms with Gasteiger partial charge in [0.15, 0.2) is 0 Å². The van der Waals surface area contributed by atoms with Crippen LogP contribution in [0, 0.1) is 5.92 Å². The number of rotatable bonds is 5. The maximum absolute atomic E-state index is 12.3. The van der Waals surface area contributed by atoms with Crippen LogP contribution in [0.2, 0.25) is 0 Å². The van der Waals surface area contributed by atoms with Crippen LogP contribution in [-0.2, 0) is 4.79 Å². The van der Waals surface area contributed by atoms with Gasteiger partial charge in [-0.05, 0) is 25.0 Å². The Hall–Kier alpha value is -1.91. The minimum absolute atomic E-state index is 0.126. The Kier molecular flexibility index (Phi) is 3.60. The number of carboxylic acid groups (broad SMARTS) is 1. The number of aromatic nitrogens is 1. The molecule has 0 bridgehead atoms. The van der Waals surface area contributed by atoms with Crippen LogP contribution >= 0.6 is 0 Å². The largest absolute Gasteiger partial charge is 0.481 e. The molecule has 0 unspecified atom stereocenters. The third-order valence-corrected chi connectivity index (χ3v) is 3.05. The van der Waals surface area contributed by atoms with Gasteiger partial charge in [-0.3, -0.25) is 14.6 Å². The van der Waals surface area contributed by atoms with Crippen LogP contribution in [0.1, 0.15) is 30.1 Å². The maximum atomic E-state index is 12.3. The monoisotopic (exact) mass is 248 g/mol. The third-order valence-electron chi connectivity index (χ3n) is 3.05. The van der Waals surface area contributed by atoms with Gasteiger partial charge in [-0.15, -0.1) is 0 Å². The molecule has 0 radical (unpaired) electrons. The van der Waals surface area contributed by atoms with Gasteiger partial charge in [-0.1, -0.05) is 6.92 Å². The highest BCUT2D eigenvalue weighted by Crippen LogP contribution is 2.29. The molecule has 1 fully saturated rings. The highest BCUT2D eigenvalue weighted by molar-refractivity contribution is 5.94. The lowest BCUT2D eigenvalue weighted by Gasteiger charge is -2.24. The van der Waals surface area contributed by atoms with Gasteiger partial charge in [-0.2, -0.15) is 0 Å². The molecule has 0 aromatic carbocycles. The van der Waals surface area contributed by atoms with E-state index >= 15 is 0 Å². The van der Waals surface area contributed by atoms with E-state index < -0.39 is 11.9 Å². The number of hydrogen-bond acceptors (Lipinski definition) is 3. The average Bonchev–Trinajstić information content (AvgIpc) is 3.20. The Morgan fingerprint density at radius 2 is 2.28 bits per heavy atom. The molecule has 1 saturated carbocycles. The van der Waals surface area contributed by atoms with Crippen LogP contribution in [-0.4, -0.2) is 39.5 Å². The molecule has 1 aliphatic rings. The number of nitrogens with zero attached hydrogens (tertiary/aromatic N) is 2. The molecule has 96 valence electrons. The minimum atomic E-state index is -0.875. The van der Waals surface area contributed by atoms with Crippen molar-refractivity contribution in [2.45, 2.75) is 25.8 Å². The molecule has 2 rings (SSSR count). The summed E-state index contributed by atoms with van der Waals surface area (Å²) in [6.07, 6.45) is 5.04. The average molecular weight is 248 g/mol. The van der Waals surface area contributed by atoms with Crippen molar-refractivity contribution < 1.29 is 14.7 Å². The molecule has 1 aliphatic carbocycles. The summed E-state index contributed by atoms with van der Waals surface area (Å²) in [5, 5.41) is 8.94. The molecular formula is C13H16N2O3. The van der Waals surface area contributed by atoms with Crippen LogP contribution in [0.4, 0.5) is 0 Å². The summed E-state index contributed by atoms with van der Waals surface area (Å²) >= 11 is 0. The van der Waals surface area contributed by atoms with Gasteiger partial charge in [0.05, 0.1) is 11.5 Å². The van der Waals surface area contributed by atoms with E-state index in [1.807, 2.05) is 0 Å². The zero-order chi connectivity index (χ0) is 13.1. The normalized spacial score (nSPS) is 16.1. The van der Waals surface area contributed by atoms with Crippen molar-refractivity contribution in [3.63, 3.8) is 0 Å². The van der Waals surface area contributed by atoms with Crippen molar-refractivity contribution >= 4 is 11.9 Å². The summed E-state index contributed by atoms with van der Waals surface area (Å²) < 4.78 is 0. The van der Waals surface area contributed by atoms with Crippen LogP contribution in [0.3, 0.4) is 0 Å². The Balaban J connectivity index is 2.11. The highest BCUT2D eigenvalue weighted by Gasteiger charge is 2.34. The van der Waals surface area contributed by atoms with Gasteiger partial charge in [0.1, 0.15) is 0 Å². The highest BCUT2D eigenvalue weighted by atomic mass is 16.4. The quantitative estimate of drug-likeness (QED) is 0.855. The molecule has 0 saturated heterocycles. The van der Waals surface area contributed by atoms with Gasteiger partial charge in [0, 0.05) is 25.0 Å². The minimum Gasteiger partial charge on any atom is -0.481 e. The molecule has 0 spiro atoms. The van der Waals surface area contributed by atoms with E-state index in [4.69, 9.17) is 5.11 Å². The number of amides is 1. The molecule has 1 aromatic heterocycles. The second kappa shape index (κ2) is 5.16. The van der Waals surface area contributed by atoms with E-state index in [0.29, 0.717) is 5.56 Å². The van der Waals surface area contributed by atoms with E-state index in [2.05, 4.69) is 4.98 Å². The zero-order valence-corrected chi connectivity index (χ0v) is 10.2. The van der Waals surface area contributed by atoms with E-state index in [0.717, 1.165) is 12.8 Å². The van der Waals surface area contributed by atoms with E-state index in [1.54, 1.807) is 30.2 Å². The fourth-order valence-corrected chi connectivity index (χ4v) is 1.81. The van der Waals surface area contributed by atoms with Crippen molar-refractivity contribution in [3.8, 4) is 0 Å². The molecule has 5 heteroatoms. The first-order valence-corrected chi connectivity index (χ1v) is 6.03. The van der Waals surface area contributed by atoms with Crippen LogP contribution < -0.4 is 0 Å². The lowest BCUT2D eigenvalue weighted by molar-refractivity contribution is -0.141. The van der Waals surface area contributed by atoms with Gasteiger partial charge < -0.3 is 10.0 Å². The molecule has 1 atom stereocenters. The fraction of sp³-hybridized carbons (Fsp3) is 0.462. The number of carboxylic acids is 1. The molecule has 1 heterocycles. The first-order chi connectivity index (χ1) is 8.59. The van der Waals surface area contributed by atoms with Crippen LogP contribution in [0.15, 0.2) is 24.5 Å². The Morgan fingerprint density at radius 1 is 1.56 bits per heavy atom. The second-order valence-corrected chi connectivity index (χ2v) is 4.67. The number of carbonyl (C=O) groups is 2. The summed E-state index contributed by atoms with van der Waals surface area (Å²) in [4.78, 5) is 28.7. The van der Waals surface area contributed by atoms with Crippen LogP contribution in [0.25, 0.3) is 0 Å².